The van der Waals surface area contributed by atoms with Gasteiger partial charge >= 0.3 is 6.09 Å². The highest BCUT2D eigenvalue weighted by Crippen LogP contribution is 2.26. The molecule has 1 aliphatic carbocycles. The highest BCUT2D eigenvalue weighted by atomic mass is 28.4. The predicted octanol–water partition coefficient (Wildman–Crippen LogP) is 3.31. The Hall–Kier alpha value is -1.92. The molecule has 0 atom stereocenters. The van der Waals surface area contributed by atoms with Crippen LogP contribution in [0.3, 0.4) is 0 Å². The molecule has 1 heterocycles. The maximum absolute atomic E-state index is 11.9. The molecule has 3 rings (SSSR count). The van der Waals surface area contributed by atoms with E-state index in [1.807, 2.05) is 6.07 Å². The van der Waals surface area contributed by atoms with Crippen molar-refractivity contribution in [1.29, 1.82) is 0 Å². The van der Waals surface area contributed by atoms with Crippen LogP contribution in [0.15, 0.2) is 49.1 Å². The molecular weight excluding hydrogens is 320 g/mol. The van der Waals surface area contributed by atoms with Crippen molar-refractivity contribution in [3.8, 4) is 0 Å². The van der Waals surface area contributed by atoms with E-state index in [4.69, 9.17) is 9.16 Å². The number of benzene rings is 1. The van der Waals surface area contributed by atoms with Gasteiger partial charge in [0.25, 0.3) is 0 Å². The van der Waals surface area contributed by atoms with Crippen molar-refractivity contribution in [2.24, 2.45) is 0 Å². The minimum absolute atomic E-state index is 0.0266. The van der Waals surface area contributed by atoms with Gasteiger partial charge < -0.3 is 9.16 Å². The second kappa shape index (κ2) is 7.32. The Morgan fingerprint density at radius 3 is 2.42 bits per heavy atom. The van der Waals surface area contributed by atoms with Crippen molar-refractivity contribution in [3.05, 3.63) is 49.1 Å². The van der Waals surface area contributed by atoms with Gasteiger partial charge in [0.05, 0.1) is 0 Å². The molecule has 1 saturated carbocycles. The van der Waals surface area contributed by atoms with Crippen LogP contribution in [0.25, 0.3) is 0 Å². The number of hydrogen-bond donors (Lipinski definition) is 0. The topological polar surface area (TPSA) is 53.4 Å². The molecular formula is C18H24N2O3Si. The summed E-state index contributed by atoms with van der Waals surface area (Å²) in [5.41, 5.74) is 0. The molecule has 0 saturated heterocycles. The van der Waals surface area contributed by atoms with Gasteiger partial charge in [0.1, 0.15) is 12.4 Å². The fourth-order valence-corrected chi connectivity index (χ4v) is 5.36. The summed E-state index contributed by atoms with van der Waals surface area (Å²) >= 11 is 0. The van der Waals surface area contributed by atoms with Gasteiger partial charge in [-0.15, -0.1) is 0 Å². The smallest absolute Gasteiger partial charge is 0.419 e. The number of nitrogens with zero attached hydrogens (tertiary/aromatic N) is 2. The number of rotatable bonds is 4. The van der Waals surface area contributed by atoms with Crippen LogP contribution in [-0.4, -0.2) is 36.2 Å². The van der Waals surface area contributed by atoms with E-state index in [2.05, 4.69) is 42.3 Å². The molecule has 0 bridgehead atoms. The zero-order valence-corrected chi connectivity index (χ0v) is 15.2. The molecule has 1 fully saturated rings. The van der Waals surface area contributed by atoms with E-state index in [1.54, 1.807) is 12.4 Å². The summed E-state index contributed by atoms with van der Waals surface area (Å²) in [5, 5.41) is 1.32. The Bertz CT molecular complexity index is 650. The summed E-state index contributed by atoms with van der Waals surface area (Å²) < 4.78 is 13.4. The molecule has 0 spiro atoms. The highest BCUT2D eigenvalue weighted by molar-refractivity contribution is 6.84. The lowest BCUT2D eigenvalue weighted by Crippen LogP contribution is -2.48. The lowest BCUT2D eigenvalue weighted by atomic mass is 9.95. The number of imidazole rings is 1. The van der Waals surface area contributed by atoms with E-state index in [0.717, 1.165) is 25.7 Å². The van der Waals surface area contributed by atoms with Crippen LogP contribution in [-0.2, 0) is 9.16 Å². The largest absolute Gasteiger partial charge is 0.446 e. The molecule has 2 aromatic rings. The molecule has 0 aliphatic heterocycles. The van der Waals surface area contributed by atoms with Crippen molar-refractivity contribution in [2.75, 3.05) is 0 Å². The average Bonchev–Trinajstić information content (AvgIpc) is 3.12. The van der Waals surface area contributed by atoms with E-state index >= 15 is 0 Å². The SMILES string of the molecule is C[Si](C)(OC1CCC(OC(=O)n2ccnc2)CC1)c1ccccc1. The first-order chi connectivity index (χ1) is 11.5. The Labute approximate surface area is 143 Å². The lowest BCUT2D eigenvalue weighted by molar-refractivity contribution is 0.0412. The maximum atomic E-state index is 11.9. The van der Waals surface area contributed by atoms with Gasteiger partial charge in [0, 0.05) is 18.5 Å². The number of carbonyl (C=O) groups excluding carboxylic acids is 1. The fraction of sp³-hybridized carbons (Fsp3) is 0.444. The van der Waals surface area contributed by atoms with Gasteiger partial charge in [-0.2, -0.15) is 0 Å². The van der Waals surface area contributed by atoms with Crippen LogP contribution in [0.2, 0.25) is 13.1 Å². The van der Waals surface area contributed by atoms with Crippen molar-refractivity contribution in [1.82, 2.24) is 9.55 Å². The lowest BCUT2D eigenvalue weighted by Gasteiger charge is -2.34. The van der Waals surface area contributed by atoms with Gasteiger partial charge in [-0.1, -0.05) is 30.3 Å². The van der Waals surface area contributed by atoms with Gasteiger partial charge in [0.15, 0.2) is 0 Å². The van der Waals surface area contributed by atoms with Crippen LogP contribution in [0.4, 0.5) is 4.79 Å². The first kappa shape index (κ1) is 16.9. The summed E-state index contributed by atoms with van der Waals surface area (Å²) in [6.45, 7) is 4.49. The number of ether oxygens (including phenoxy) is 1. The third-order valence-corrected chi connectivity index (χ3v) is 7.18. The van der Waals surface area contributed by atoms with Crippen LogP contribution in [0.1, 0.15) is 25.7 Å². The van der Waals surface area contributed by atoms with Crippen LogP contribution < -0.4 is 5.19 Å². The highest BCUT2D eigenvalue weighted by Gasteiger charge is 2.32. The van der Waals surface area contributed by atoms with Gasteiger partial charge in [-0.05, 0) is 44.0 Å². The minimum Gasteiger partial charge on any atom is -0.446 e. The Kier molecular flexibility index (Phi) is 5.16. The Morgan fingerprint density at radius 2 is 1.79 bits per heavy atom. The van der Waals surface area contributed by atoms with Gasteiger partial charge in [-0.25, -0.2) is 14.3 Å². The molecule has 24 heavy (non-hydrogen) atoms. The molecule has 0 radical (unpaired) electrons. The molecule has 6 heteroatoms. The van der Waals surface area contributed by atoms with Gasteiger partial charge in [-0.3, -0.25) is 0 Å². The summed E-state index contributed by atoms with van der Waals surface area (Å²) in [6.07, 6.45) is 8.09. The van der Waals surface area contributed by atoms with E-state index in [0.29, 0.717) is 0 Å². The predicted molar refractivity (Wildman–Crippen MR) is 94.8 cm³/mol. The number of carbonyl (C=O) groups is 1. The molecule has 0 N–H and O–H groups in total. The fourth-order valence-electron chi connectivity index (χ4n) is 3.16. The van der Waals surface area contributed by atoms with E-state index in [1.165, 1.54) is 16.1 Å². The monoisotopic (exact) mass is 344 g/mol. The second-order valence-corrected chi connectivity index (χ2v) is 10.6. The second-order valence-electron chi connectivity index (χ2n) is 6.75. The Morgan fingerprint density at radius 1 is 1.12 bits per heavy atom. The summed E-state index contributed by atoms with van der Waals surface area (Å²) in [5.74, 6) is 0. The van der Waals surface area contributed by atoms with Crippen molar-refractivity contribution in [3.63, 3.8) is 0 Å². The third-order valence-electron chi connectivity index (χ3n) is 4.53. The summed E-state index contributed by atoms with van der Waals surface area (Å²) in [4.78, 5) is 15.8. The van der Waals surface area contributed by atoms with E-state index < -0.39 is 8.32 Å². The molecule has 1 aliphatic rings. The first-order valence-corrected chi connectivity index (χ1v) is 11.4. The molecule has 1 aromatic heterocycles. The van der Waals surface area contributed by atoms with E-state index in [-0.39, 0.29) is 18.3 Å². The maximum Gasteiger partial charge on any atom is 0.419 e. The molecule has 128 valence electrons. The van der Waals surface area contributed by atoms with Crippen LogP contribution in [0.5, 0.6) is 0 Å². The zero-order chi connectivity index (χ0) is 17.0. The van der Waals surface area contributed by atoms with Crippen LogP contribution in [0, 0.1) is 0 Å². The Balaban J connectivity index is 1.49. The number of aromatic nitrogens is 2. The quantitative estimate of drug-likeness (QED) is 0.799. The average molecular weight is 344 g/mol. The summed E-state index contributed by atoms with van der Waals surface area (Å²) in [7, 11) is -1.88. The molecule has 1 aromatic carbocycles. The number of hydrogen-bond acceptors (Lipinski definition) is 4. The van der Waals surface area contributed by atoms with E-state index in [9.17, 15) is 4.79 Å². The van der Waals surface area contributed by atoms with Crippen molar-refractivity contribution in [2.45, 2.75) is 51.0 Å². The molecule has 0 unspecified atom stereocenters. The van der Waals surface area contributed by atoms with Crippen LogP contribution >= 0.6 is 0 Å². The van der Waals surface area contributed by atoms with Crippen molar-refractivity contribution < 1.29 is 14.0 Å². The van der Waals surface area contributed by atoms with Crippen molar-refractivity contribution >= 4 is 19.6 Å². The zero-order valence-electron chi connectivity index (χ0n) is 14.2. The minimum atomic E-state index is -1.88. The normalized spacial score (nSPS) is 21.4. The molecule has 0 amide bonds. The van der Waals surface area contributed by atoms with Gasteiger partial charge in [0.2, 0.25) is 8.32 Å². The molecule has 5 nitrogen and oxygen atoms in total. The summed E-state index contributed by atoms with van der Waals surface area (Å²) in [6, 6.07) is 10.5. The third kappa shape index (κ3) is 4.13. The first-order valence-electron chi connectivity index (χ1n) is 8.47. The standard InChI is InChI=1S/C18H24N2O3Si/c1-24(2,17-6-4-3-5-7-17)23-16-10-8-15(9-11-16)22-18(21)20-13-12-19-14-20/h3-7,12-16H,8-11H2,1-2H3.